The lowest BCUT2D eigenvalue weighted by Crippen LogP contribution is -2.26. The SMILES string of the molecule is CN(Cc1ccccc1Cl)Cc1cccc2c1CCNC2. The molecule has 0 atom stereocenters. The molecule has 0 aromatic heterocycles. The zero-order valence-corrected chi connectivity index (χ0v) is 13.2. The van der Waals surface area contributed by atoms with Gasteiger partial charge in [0.2, 0.25) is 0 Å². The maximum atomic E-state index is 6.25. The van der Waals surface area contributed by atoms with Crippen molar-refractivity contribution in [3.63, 3.8) is 0 Å². The van der Waals surface area contributed by atoms with Crippen LogP contribution in [-0.2, 0) is 26.1 Å². The monoisotopic (exact) mass is 300 g/mol. The topological polar surface area (TPSA) is 15.3 Å². The van der Waals surface area contributed by atoms with Crippen LogP contribution in [0.15, 0.2) is 42.5 Å². The Morgan fingerprint density at radius 1 is 1.05 bits per heavy atom. The highest BCUT2D eigenvalue weighted by molar-refractivity contribution is 6.31. The smallest absolute Gasteiger partial charge is 0.0451 e. The Kier molecular flexibility index (Phi) is 4.59. The Labute approximate surface area is 131 Å². The van der Waals surface area contributed by atoms with Crippen molar-refractivity contribution in [2.24, 2.45) is 0 Å². The van der Waals surface area contributed by atoms with Crippen molar-refractivity contribution in [1.82, 2.24) is 10.2 Å². The van der Waals surface area contributed by atoms with Gasteiger partial charge in [0.05, 0.1) is 0 Å². The normalized spacial score (nSPS) is 14.2. The van der Waals surface area contributed by atoms with Crippen molar-refractivity contribution in [2.45, 2.75) is 26.1 Å². The Bertz CT molecular complexity index is 624. The van der Waals surface area contributed by atoms with Crippen LogP contribution in [0.2, 0.25) is 5.02 Å². The van der Waals surface area contributed by atoms with Crippen LogP contribution in [0.4, 0.5) is 0 Å². The van der Waals surface area contributed by atoms with E-state index in [2.05, 4.69) is 41.5 Å². The number of nitrogens with one attached hydrogen (secondary N) is 1. The maximum Gasteiger partial charge on any atom is 0.0451 e. The Morgan fingerprint density at radius 2 is 1.81 bits per heavy atom. The van der Waals surface area contributed by atoms with Crippen molar-refractivity contribution in [2.75, 3.05) is 13.6 Å². The Morgan fingerprint density at radius 3 is 2.67 bits per heavy atom. The molecule has 110 valence electrons. The minimum Gasteiger partial charge on any atom is -0.312 e. The van der Waals surface area contributed by atoms with E-state index in [0.29, 0.717) is 0 Å². The van der Waals surface area contributed by atoms with Gasteiger partial charge in [-0.2, -0.15) is 0 Å². The molecule has 0 spiro atoms. The highest BCUT2D eigenvalue weighted by Crippen LogP contribution is 2.22. The van der Waals surface area contributed by atoms with Gasteiger partial charge in [-0.1, -0.05) is 48.0 Å². The maximum absolute atomic E-state index is 6.25. The van der Waals surface area contributed by atoms with Gasteiger partial charge in [-0.15, -0.1) is 0 Å². The molecule has 0 aliphatic carbocycles. The molecule has 0 fully saturated rings. The number of rotatable bonds is 4. The van der Waals surface area contributed by atoms with E-state index in [1.807, 2.05) is 18.2 Å². The van der Waals surface area contributed by atoms with Crippen LogP contribution in [-0.4, -0.2) is 18.5 Å². The highest BCUT2D eigenvalue weighted by atomic mass is 35.5. The number of benzene rings is 2. The molecule has 3 rings (SSSR count). The van der Waals surface area contributed by atoms with E-state index in [0.717, 1.165) is 37.6 Å². The second-order valence-corrected chi connectivity index (χ2v) is 6.15. The minimum absolute atomic E-state index is 0.851. The van der Waals surface area contributed by atoms with Crippen molar-refractivity contribution in [3.05, 3.63) is 69.7 Å². The molecule has 2 aromatic rings. The first-order chi connectivity index (χ1) is 10.2. The number of hydrogen-bond acceptors (Lipinski definition) is 2. The largest absolute Gasteiger partial charge is 0.312 e. The second-order valence-electron chi connectivity index (χ2n) is 5.75. The average molecular weight is 301 g/mol. The van der Waals surface area contributed by atoms with Gasteiger partial charge in [-0.3, -0.25) is 4.90 Å². The molecule has 0 amide bonds. The third-order valence-electron chi connectivity index (χ3n) is 4.08. The van der Waals surface area contributed by atoms with Gasteiger partial charge in [0.15, 0.2) is 0 Å². The van der Waals surface area contributed by atoms with Gasteiger partial charge in [0, 0.05) is 24.7 Å². The van der Waals surface area contributed by atoms with Gasteiger partial charge in [-0.05, 0) is 48.3 Å². The van der Waals surface area contributed by atoms with Gasteiger partial charge >= 0.3 is 0 Å². The molecule has 1 aliphatic heterocycles. The fourth-order valence-corrected chi connectivity index (χ4v) is 3.22. The van der Waals surface area contributed by atoms with Crippen molar-refractivity contribution < 1.29 is 0 Å². The van der Waals surface area contributed by atoms with E-state index in [-0.39, 0.29) is 0 Å². The molecule has 0 saturated heterocycles. The van der Waals surface area contributed by atoms with E-state index < -0.39 is 0 Å². The lowest BCUT2D eigenvalue weighted by atomic mass is 9.95. The third kappa shape index (κ3) is 3.46. The summed E-state index contributed by atoms with van der Waals surface area (Å²) in [5.74, 6) is 0. The van der Waals surface area contributed by atoms with Crippen LogP contribution in [0.3, 0.4) is 0 Å². The molecule has 3 heteroatoms. The molecule has 0 bridgehead atoms. The zero-order valence-electron chi connectivity index (χ0n) is 12.4. The van der Waals surface area contributed by atoms with Crippen LogP contribution in [0.5, 0.6) is 0 Å². The highest BCUT2D eigenvalue weighted by Gasteiger charge is 2.13. The number of fused-ring (bicyclic) bond motifs is 1. The first-order valence-electron chi connectivity index (χ1n) is 7.46. The van der Waals surface area contributed by atoms with Crippen LogP contribution in [0.1, 0.15) is 22.3 Å². The zero-order chi connectivity index (χ0) is 14.7. The predicted octanol–water partition coefficient (Wildman–Crippen LogP) is 3.62. The minimum atomic E-state index is 0.851. The molecule has 1 aliphatic rings. The van der Waals surface area contributed by atoms with E-state index in [4.69, 9.17) is 11.6 Å². The lowest BCUT2D eigenvalue weighted by molar-refractivity contribution is 0.317. The van der Waals surface area contributed by atoms with Crippen LogP contribution >= 0.6 is 11.6 Å². The van der Waals surface area contributed by atoms with E-state index in [1.165, 1.54) is 22.3 Å². The summed E-state index contributed by atoms with van der Waals surface area (Å²) in [4.78, 5) is 2.33. The molecular formula is C18H21ClN2. The molecule has 2 aromatic carbocycles. The summed E-state index contributed by atoms with van der Waals surface area (Å²) >= 11 is 6.25. The summed E-state index contributed by atoms with van der Waals surface area (Å²) in [6.45, 7) is 3.92. The average Bonchev–Trinajstić information content (AvgIpc) is 2.50. The first kappa shape index (κ1) is 14.6. The summed E-state index contributed by atoms with van der Waals surface area (Å²) in [5, 5.41) is 4.29. The van der Waals surface area contributed by atoms with Crippen molar-refractivity contribution in [3.8, 4) is 0 Å². The molecule has 0 radical (unpaired) electrons. The molecule has 0 saturated carbocycles. The standard InChI is InChI=1S/C18H21ClN2/c1-21(13-16-5-2-3-8-18(16)19)12-15-7-4-6-14-11-20-10-9-17(14)15/h2-8,20H,9-13H2,1H3. The lowest BCUT2D eigenvalue weighted by Gasteiger charge is -2.24. The molecule has 2 nitrogen and oxygen atoms in total. The summed E-state index contributed by atoms with van der Waals surface area (Å²) in [6.07, 6.45) is 1.13. The molecule has 1 heterocycles. The van der Waals surface area contributed by atoms with Gasteiger partial charge in [-0.25, -0.2) is 0 Å². The molecule has 21 heavy (non-hydrogen) atoms. The Balaban J connectivity index is 1.73. The van der Waals surface area contributed by atoms with Gasteiger partial charge in [0.25, 0.3) is 0 Å². The molecular weight excluding hydrogens is 280 g/mol. The fraction of sp³-hybridized carbons (Fsp3) is 0.333. The molecule has 0 unspecified atom stereocenters. The summed E-state index contributed by atoms with van der Waals surface area (Å²) < 4.78 is 0. The van der Waals surface area contributed by atoms with E-state index >= 15 is 0 Å². The summed E-state index contributed by atoms with van der Waals surface area (Å²) in [5.41, 5.74) is 5.61. The van der Waals surface area contributed by atoms with Gasteiger partial charge in [0.1, 0.15) is 0 Å². The predicted molar refractivity (Wildman–Crippen MR) is 88.5 cm³/mol. The van der Waals surface area contributed by atoms with Crippen LogP contribution in [0.25, 0.3) is 0 Å². The quantitative estimate of drug-likeness (QED) is 0.928. The fourth-order valence-electron chi connectivity index (χ4n) is 3.02. The third-order valence-corrected chi connectivity index (χ3v) is 4.44. The number of halogens is 1. The summed E-state index contributed by atoms with van der Waals surface area (Å²) in [7, 11) is 2.16. The molecule has 1 N–H and O–H groups in total. The Hall–Kier alpha value is -1.35. The van der Waals surface area contributed by atoms with Gasteiger partial charge < -0.3 is 5.32 Å². The van der Waals surface area contributed by atoms with E-state index in [1.54, 1.807) is 0 Å². The number of nitrogens with zero attached hydrogens (tertiary/aromatic N) is 1. The second kappa shape index (κ2) is 6.61. The van der Waals surface area contributed by atoms with E-state index in [9.17, 15) is 0 Å². The van der Waals surface area contributed by atoms with Crippen LogP contribution in [0, 0.1) is 0 Å². The first-order valence-corrected chi connectivity index (χ1v) is 7.84. The van der Waals surface area contributed by atoms with Crippen molar-refractivity contribution >= 4 is 11.6 Å². The number of hydrogen-bond donors (Lipinski definition) is 1. The summed E-state index contributed by atoms with van der Waals surface area (Å²) in [6, 6.07) is 14.7. The van der Waals surface area contributed by atoms with Crippen molar-refractivity contribution in [1.29, 1.82) is 0 Å². The van der Waals surface area contributed by atoms with Crippen LogP contribution < -0.4 is 5.32 Å².